The number of nitrogens with one attached hydrogen (secondary N) is 1. The SMILES string of the molecule is Cn1nccc1C(=O)NC1(C(=O)O)CCCCCC1. The standard InChI is InChI=1S/C13H19N3O3/c1-16-10(6-9-14-16)11(17)15-13(12(18)19)7-4-2-3-5-8-13/h6,9H,2-5,7-8H2,1H3,(H,15,17)(H,18,19). The molecule has 104 valence electrons. The minimum Gasteiger partial charge on any atom is -0.480 e. The summed E-state index contributed by atoms with van der Waals surface area (Å²) in [4.78, 5) is 23.8. The molecule has 1 amide bonds. The molecule has 6 nitrogen and oxygen atoms in total. The second kappa shape index (κ2) is 5.42. The van der Waals surface area contributed by atoms with Gasteiger partial charge in [0.05, 0.1) is 0 Å². The Morgan fingerprint density at radius 1 is 1.32 bits per heavy atom. The first kappa shape index (κ1) is 13.6. The molecule has 1 fully saturated rings. The van der Waals surface area contributed by atoms with Crippen LogP contribution in [0.3, 0.4) is 0 Å². The lowest BCUT2D eigenvalue weighted by Gasteiger charge is -2.29. The van der Waals surface area contributed by atoms with Gasteiger partial charge in [0.15, 0.2) is 0 Å². The van der Waals surface area contributed by atoms with E-state index in [0.717, 1.165) is 25.7 Å². The van der Waals surface area contributed by atoms with Crippen LogP contribution in [0.5, 0.6) is 0 Å². The molecule has 0 aliphatic heterocycles. The van der Waals surface area contributed by atoms with Crippen molar-refractivity contribution in [1.29, 1.82) is 0 Å². The van der Waals surface area contributed by atoms with Gasteiger partial charge < -0.3 is 10.4 Å². The third-order valence-electron chi connectivity index (χ3n) is 3.77. The number of carboxylic acids is 1. The molecule has 2 rings (SSSR count). The zero-order valence-electron chi connectivity index (χ0n) is 11.1. The van der Waals surface area contributed by atoms with Crippen molar-refractivity contribution in [3.63, 3.8) is 0 Å². The summed E-state index contributed by atoms with van der Waals surface area (Å²) in [6.45, 7) is 0. The quantitative estimate of drug-likeness (QED) is 0.807. The fourth-order valence-electron chi connectivity index (χ4n) is 2.60. The molecular formula is C13H19N3O3. The van der Waals surface area contributed by atoms with Gasteiger partial charge in [0.25, 0.3) is 5.91 Å². The molecule has 1 aliphatic rings. The van der Waals surface area contributed by atoms with Gasteiger partial charge in [-0.05, 0) is 18.9 Å². The summed E-state index contributed by atoms with van der Waals surface area (Å²) in [5.41, 5.74) is -0.748. The largest absolute Gasteiger partial charge is 0.480 e. The smallest absolute Gasteiger partial charge is 0.329 e. The van der Waals surface area contributed by atoms with E-state index in [4.69, 9.17) is 0 Å². The average Bonchev–Trinajstić information content (AvgIpc) is 2.64. The van der Waals surface area contributed by atoms with E-state index in [1.165, 1.54) is 10.9 Å². The number of amides is 1. The van der Waals surface area contributed by atoms with Crippen LogP contribution < -0.4 is 5.32 Å². The summed E-state index contributed by atoms with van der Waals surface area (Å²) in [7, 11) is 1.66. The second-order valence-corrected chi connectivity index (χ2v) is 5.10. The highest BCUT2D eigenvalue weighted by molar-refractivity contribution is 5.96. The topological polar surface area (TPSA) is 84.2 Å². The average molecular weight is 265 g/mol. The summed E-state index contributed by atoms with van der Waals surface area (Å²) in [5, 5.41) is 16.1. The number of hydrogen-bond donors (Lipinski definition) is 2. The number of aryl methyl sites for hydroxylation is 1. The maximum Gasteiger partial charge on any atom is 0.329 e. The predicted molar refractivity (Wildman–Crippen MR) is 68.7 cm³/mol. The van der Waals surface area contributed by atoms with E-state index < -0.39 is 11.5 Å². The number of carboxylic acid groups (broad SMARTS) is 1. The van der Waals surface area contributed by atoms with E-state index in [1.54, 1.807) is 13.1 Å². The zero-order valence-corrected chi connectivity index (χ0v) is 11.1. The van der Waals surface area contributed by atoms with E-state index in [0.29, 0.717) is 18.5 Å². The first-order chi connectivity index (χ1) is 9.05. The van der Waals surface area contributed by atoms with Crippen LogP contribution in [0.4, 0.5) is 0 Å². The molecule has 1 aliphatic carbocycles. The molecule has 1 aromatic rings. The van der Waals surface area contributed by atoms with Gasteiger partial charge in [-0.2, -0.15) is 5.10 Å². The fraction of sp³-hybridized carbons (Fsp3) is 0.615. The number of aromatic nitrogens is 2. The van der Waals surface area contributed by atoms with Crippen LogP contribution in [0.2, 0.25) is 0 Å². The summed E-state index contributed by atoms with van der Waals surface area (Å²) >= 11 is 0. The van der Waals surface area contributed by atoms with Gasteiger partial charge in [-0.1, -0.05) is 25.7 Å². The third kappa shape index (κ3) is 2.77. The van der Waals surface area contributed by atoms with Crippen LogP contribution in [0.25, 0.3) is 0 Å². The summed E-state index contributed by atoms with van der Waals surface area (Å²) in [6.07, 6.45) is 6.22. The minimum absolute atomic E-state index is 0.371. The molecule has 6 heteroatoms. The first-order valence-corrected chi connectivity index (χ1v) is 6.59. The van der Waals surface area contributed by atoms with Crippen molar-refractivity contribution in [2.75, 3.05) is 0 Å². The van der Waals surface area contributed by atoms with Crippen LogP contribution in [0.15, 0.2) is 12.3 Å². The Balaban J connectivity index is 2.19. The maximum atomic E-state index is 12.2. The molecule has 0 saturated heterocycles. The van der Waals surface area contributed by atoms with Crippen molar-refractivity contribution < 1.29 is 14.7 Å². The summed E-state index contributed by atoms with van der Waals surface area (Å²) < 4.78 is 1.45. The molecule has 0 atom stereocenters. The molecule has 19 heavy (non-hydrogen) atoms. The van der Waals surface area contributed by atoms with Crippen molar-refractivity contribution in [3.05, 3.63) is 18.0 Å². The Morgan fingerprint density at radius 2 is 1.95 bits per heavy atom. The second-order valence-electron chi connectivity index (χ2n) is 5.10. The fourth-order valence-corrected chi connectivity index (χ4v) is 2.60. The highest BCUT2D eigenvalue weighted by atomic mass is 16.4. The number of carbonyl (C=O) groups excluding carboxylic acids is 1. The normalized spacial score (nSPS) is 18.6. The number of carbonyl (C=O) groups is 2. The number of aliphatic carboxylic acids is 1. The van der Waals surface area contributed by atoms with E-state index in [1.807, 2.05) is 0 Å². The predicted octanol–water partition coefficient (Wildman–Crippen LogP) is 1.33. The molecule has 2 N–H and O–H groups in total. The first-order valence-electron chi connectivity index (χ1n) is 6.59. The molecule has 0 aromatic carbocycles. The van der Waals surface area contributed by atoms with E-state index in [9.17, 15) is 14.7 Å². The Morgan fingerprint density at radius 3 is 2.42 bits per heavy atom. The van der Waals surface area contributed by atoms with Crippen molar-refractivity contribution in [3.8, 4) is 0 Å². The molecule has 0 unspecified atom stereocenters. The van der Waals surface area contributed by atoms with Gasteiger partial charge in [0.2, 0.25) is 0 Å². The van der Waals surface area contributed by atoms with Crippen LogP contribution in [-0.2, 0) is 11.8 Å². The minimum atomic E-state index is -1.13. The third-order valence-corrected chi connectivity index (χ3v) is 3.77. The number of rotatable bonds is 3. The Hall–Kier alpha value is -1.85. The van der Waals surface area contributed by atoms with Crippen LogP contribution in [0.1, 0.15) is 49.0 Å². The molecule has 1 aromatic heterocycles. The van der Waals surface area contributed by atoms with Crippen molar-refractivity contribution in [1.82, 2.24) is 15.1 Å². The van der Waals surface area contributed by atoms with Crippen molar-refractivity contribution in [2.45, 2.75) is 44.1 Å². The van der Waals surface area contributed by atoms with Gasteiger partial charge in [-0.25, -0.2) is 4.79 Å². The molecule has 0 radical (unpaired) electrons. The van der Waals surface area contributed by atoms with E-state index >= 15 is 0 Å². The van der Waals surface area contributed by atoms with Gasteiger partial charge in [-0.15, -0.1) is 0 Å². The Labute approximate surface area is 111 Å². The lowest BCUT2D eigenvalue weighted by molar-refractivity contribution is -0.145. The molecule has 1 saturated carbocycles. The van der Waals surface area contributed by atoms with Crippen LogP contribution in [0, 0.1) is 0 Å². The zero-order chi connectivity index (χ0) is 13.9. The lowest BCUT2D eigenvalue weighted by Crippen LogP contribution is -2.54. The highest BCUT2D eigenvalue weighted by Gasteiger charge is 2.40. The summed E-state index contributed by atoms with van der Waals surface area (Å²) in [6, 6.07) is 1.58. The van der Waals surface area contributed by atoms with Gasteiger partial charge in [0.1, 0.15) is 11.2 Å². The Bertz CT molecular complexity index is 473. The van der Waals surface area contributed by atoms with E-state index in [2.05, 4.69) is 10.4 Å². The van der Waals surface area contributed by atoms with Gasteiger partial charge in [-0.3, -0.25) is 9.48 Å². The van der Waals surface area contributed by atoms with Gasteiger partial charge in [0, 0.05) is 13.2 Å². The van der Waals surface area contributed by atoms with Crippen molar-refractivity contribution >= 4 is 11.9 Å². The molecule has 0 bridgehead atoms. The monoisotopic (exact) mass is 265 g/mol. The van der Waals surface area contributed by atoms with Crippen LogP contribution >= 0.6 is 0 Å². The highest BCUT2D eigenvalue weighted by Crippen LogP contribution is 2.27. The van der Waals surface area contributed by atoms with Crippen LogP contribution in [-0.4, -0.2) is 32.3 Å². The Kier molecular flexibility index (Phi) is 3.87. The van der Waals surface area contributed by atoms with Gasteiger partial charge >= 0.3 is 5.97 Å². The molecular weight excluding hydrogens is 246 g/mol. The number of nitrogens with zero attached hydrogens (tertiary/aromatic N) is 2. The maximum absolute atomic E-state index is 12.2. The molecule has 1 heterocycles. The van der Waals surface area contributed by atoms with Crippen molar-refractivity contribution in [2.24, 2.45) is 7.05 Å². The van der Waals surface area contributed by atoms with E-state index in [-0.39, 0.29) is 5.91 Å². The summed E-state index contributed by atoms with van der Waals surface area (Å²) in [5.74, 6) is -1.31. The lowest BCUT2D eigenvalue weighted by atomic mass is 9.90. The number of hydrogen-bond acceptors (Lipinski definition) is 3. The molecule has 0 spiro atoms.